The van der Waals surface area contributed by atoms with Crippen molar-refractivity contribution in [1.29, 1.82) is 0 Å². The van der Waals surface area contributed by atoms with Gasteiger partial charge >= 0.3 is 6.18 Å². The number of carbonyl (C=O) groups excluding carboxylic acids is 2. The van der Waals surface area contributed by atoms with Crippen molar-refractivity contribution >= 4 is 11.8 Å². The zero-order valence-electron chi connectivity index (χ0n) is 14.0. The van der Waals surface area contributed by atoms with E-state index in [4.69, 9.17) is 0 Å². The van der Waals surface area contributed by atoms with Gasteiger partial charge in [-0.1, -0.05) is 6.07 Å². The van der Waals surface area contributed by atoms with Gasteiger partial charge in [0.15, 0.2) is 0 Å². The summed E-state index contributed by atoms with van der Waals surface area (Å²) < 4.78 is 40.2. The van der Waals surface area contributed by atoms with Crippen molar-refractivity contribution in [2.45, 2.75) is 57.3 Å². The highest BCUT2D eigenvalue weighted by Crippen LogP contribution is 2.33. The number of halogens is 3. The molecular formula is C18H21F3N2O2. The third-order valence-electron chi connectivity index (χ3n) is 4.97. The van der Waals surface area contributed by atoms with Crippen molar-refractivity contribution < 1.29 is 22.8 Å². The van der Waals surface area contributed by atoms with Crippen molar-refractivity contribution in [3.05, 3.63) is 34.9 Å². The molecule has 2 amide bonds. The number of hydrogen-bond acceptors (Lipinski definition) is 2. The molecule has 1 aliphatic carbocycles. The highest BCUT2D eigenvalue weighted by Gasteiger charge is 2.48. The van der Waals surface area contributed by atoms with Crippen LogP contribution < -0.4 is 5.32 Å². The minimum absolute atomic E-state index is 0.125. The minimum Gasteiger partial charge on any atom is -0.352 e. The number of piperidine rings is 1. The van der Waals surface area contributed by atoms with E-state index in [-0.39, 0.29) is 25.3 Å². The number of likely N-dealkylation sites (tertiary alicyclic amines) is 1. The van der Waals surface area contributed by atoms with E-state index in [2.05, 4.69) is 5.32 Å². The van der Waals surface area contributed by atoms with Crippen LogP contribution >= 0.6 is 0 Å². The van der Waals surface area contributed by atoms with Crippen molar-refractivity contribution in [1.82, 2.24) is 10.2 Å². The molecule has 2 atom stereocenters. The Labute approximate surface area is 144 Å². The van der Waals surface area contributed by atoms with E-state index in [1.165, 1.54) is 12.5 Å². The van der Waals surface area contributed by atoms with Crippen molar-refractivity contribution in [3.8, 4) is 0 Å². The molecule has 136 valence electrons. The molecule has 1 aliphatic heterocycles. The van der Waals surface area contributed by atoms with Crippen LogP contribution in [0.1, 0.15) is 47.7 Å². The summed E-state index contributed by atoms with van der Waals surface area (Å²) in [6.07, 6.45) is -1.67. The van der Waals surface area contributed by atoms with Gasteiger partial charge < -0.3 is 10.2 Å². The fourth-order valence-electron chi connectivity index (χ4n) is 3.81. The molecule has 0 bridgehead atoms. The molecule has 4 nitrogen and oxygen atoms in total. The van der Waals surface area contributed by atoms with Crippen LogP contribution in [-0.2, 0) is 17.6 Å². The van der Waals surface area contributed by atoms with Crippen molar-refractivity contribution in [2.24, 2.45) is 0 Å². The van der Waals surface area contributed by atoms with E-state index in [0.717, 1.165) is 29.7 Å². The zero-order chi connectivity index (χ0) is 18.2. The Bertz CT molecular complexity index is 687. The minimum atomic E-state index is -4.48. The van der Waals surface area contributed by atoms with E-state index in [1.807, 2.05) is 6.07 Å². The molecule has 0 aromatic heterocycles. The fourth-order valence-corrected chi connectivity index (χ4v) is 3.81. The predicted molar refractivity (Wildman–Crippen MR) is 86.2 cm³/mol. The average Bonchev–Trinajstić information content (AvgIpc) is 3.00. The molecule has 25 heavy (non-hydrogen) atoms. The molecule has 1 saturated heterocycles. The van der Waals surface area contributed by atoms with Crippen molar-refractivity contribution in [3.63, 3.8) is 0 Å². The van der Waals surface area contributed by atoms with Gasteiger partial charge in [0.25, 0.3) is 5.91 Å². The molecule has 1 fully saturated rings. The normalized spacial score (nSPS) is 23.3. The smallest absolute Gasteiger partial charge is 0.352 e. The van der Waals surface area contributed by atoms with Gasteiger partial charge in [0.1, 0.15) is 6.04 Å². The van der Waals surface area contributed by atoms with Crippen LogP contribution in [0.25, 0.3) is 0 Å². The number of nitrogens with one attached hydrogen (secondary N) is 1. The molecule has 1 N–H and O–H groups in total. The molecule has 1 heterocycles. The number of rotatable bonds is 2. The number of carbonyl (C=O) groups is 2. The Kier molecular flexibility index (Phi) is 4.75. The summed E-state index contributed by atoms with van der Waals surface area (Å²) in [7, 11) is 0. The second-order valence-corrected chi connectivity index (χ2v) is 6.83. The third-order valence-corrected chi connectivity index (χ3v) is 4.97. The number of benzene rings is 1. The van der Waals surface area contributed by atoms with Crippen LogP contribution in [-0.4, -0.2) is 41.5 Å². The fraction of sp³-hybridized carbons (Fsp3) is 0.556. The molecule has 2 unspecified atom stereocenters. The summed E-state index contributed by atoms with van der Waals surface area (Å²) in [4.78, 5) is 24.9. The Morgan fingerprint density at radius 2 is 1.88 bits per heavy atom. The number of nitrogens with zero attached hydrogens (tertiary/aromatic N) is 1. The first-order valence-corrected chi connectivity index (χ1v) is 8.52. The molecule has 1 aromatic rings. The van der Waals surface area contributed by atoms with Gasteiger partial charge in [-0.2, -0.15) is 13.2 Å². The Morgan fingerprint density at radius 3 is 2.56 bits per heavy atom. The third kappa shape index (κ3) is 3.80. The van der Waals surface area contributed by atoms with Gasteiger partial charge in [-0.05, 0) is 55.4 Å². The zero-order valence-corrected chi connectivity index (χ0v) is 14.0. The number of alkyl halides is 3. The molecule has 1 aromatic carbocycles. The topological polar surface area (TPSA) is 49.4 Å². The van der Waals surface area contributed by atoms with Crippen LogP contribution in [0.15, 0.2) is 18.2 Å². The Morgan fingerprint density at radius 1 is 1.16 bits per heavy atom. The molecule has 2 aliphatic rings. The van der Waals surface area contributed by atoms with Crippen LogP contribution in [0.5, 0.6) is 0 Å². The summed E-state index contributed by atoms with van der Waals surface area (Å²) in [5.41, 5.74) is 2.50. The first-order valence-electron chi connectivity index (χ1n) is 8.52. The van der Waals surface area contributed by atoms with E-state index in [9.17, 15) is 22.8 Å². The van der Waals surface area contributed by atoms with Crippen LogP contribution in [0.3, 0.4) is 0 Å². The van der Waals surface area contributed by atoms with Crippen LogP contribution in [0.2, 0.25) is 0 Å². The van der Waals surface area contributed by atoms with Gasteiger partial charge in [-0.3, -0.25) is 9.59 Å². The maximum absolute atomic E-state index is 13.4. The molecule has 7 heteroatoms. The average molecular weight is 354 g/mol. The van der Waals surface area contributed by atoms with Crippen LogP contribution in [0, 0.1) is 0 Å². The Balaban J connectivity index is 1.85. The van der Waals surface area contributed by atoms with Crippen molar-refractivity contribution in [2.75, 3.05) is 6.54 Å². The molecule has 3 rings (SSSR count). The summed E-state index contributed by atoms with van der Waals surface area (Å²) >= 11 is 0. The lowest BCUT2D eigenvalue weighted by Crippen LogP contribution is -2.58. The largest absolute Gasteiger partial charge is 0.408 e. The van der Waals surface area contributed by atoms with Gasteiger partial charge in [0, 0.05) is 25.1 Å². The molecular weight excluding hydrogens is 333 g/mol. The second-order valence-electron chi connectivity index (χ2n) is 6.83. The summed E-state index contributed by atoms with van der Waals surface area (Å²) in [5, 5.41) is 2.63. The number of aryl methyl sites for hydroxylation is 2. The molecule has 0 saturated carbocycles. The summed E-state index contributed by atoms with van der Waals surface area (Å²) in [5.74, 6) is -0.924. The monoisotopic (exact) mass is 354 g/mol. The highest BCUT2D eigenvalue weighted by molar-refractivity contribution is 5.95. The number of hydrogen-bond donors (Lipinski definition) is 1. The maximum atomic E-state index is 13.4. The number of amides is 2. The van der Waals surface area contributed by atoms with E-state index < -0.39 is 24.2 Å². The van der Waals surface area contributed by atoms with E-state index in [1.54, 1.807) is 12.1 Å². The molecule has 0 spiro atoms. The standard InChI is InChI=1S/C18H21F3N2O2/c1-11(24)22-15-7-8-16(18(19,20)21)23(10-15)17(25)14-6-5-12-3-2-4-13(12)9-14/h5-6,9,15-16H,2-4,7-8,10H2,1H3,(H,22,24). The predicted octanol–water partition coefficient (Wildman–Crippen LogP) is 2.85. The maximum Gasteiger partial charge on any atom is 0.408 e. The lowest BCUT2D eigenvalue weighted by Gasteiger charge is -2.40. The highest BCUT2D eigenvalue weighted by atomic mass is 19.4. The van der Waals surface area contributed by atoms with E-state index in [0.29, 0.717) is 5.56 Å². The number of fused-ring (bicyclic) bond motifs is 1. The summed E-state index contributed by atoms with van der Waals surface area (Å²) in [6, 6.07) is 2.92. The first kappa shape index (κ1) is 17.8. The summed E-state index contributed by atoms with van der Waals surface area (Å²) in [6.45, 7) is 1.20. The van der Waals surface area contributed by atoms with Gasteiger partial charge in [-0.25, -0.2) is 0 Å². The lowest BCUT2D eigenvalue weighted by molar-refractivity contribution is -0.184. The van der Waals surface area contributed by atoms with Gasteiger partial charge in [0.2, 0.25) is 5.91 Å². The van der Waals surface area contributed by atoms with E-state index >= 15 is 0 Å². The first-order chi connectivity index (χ1) is 11.8. The molecule has 0 radical (unpaired) electrons. The van der Waals surface area contributed by atoms with Gasteiger partial charge in [0.05, 0.1) is 0 Å². The lowest BCUT2D eigenvalue weighted by atomic mass is 9.96. The van der Waals surface area contributed by atoms with Crippen LogP contribution in [0.4, 0.5) is 13.2 Å². The van der Waals surface area contributed by atoms with Gasteiger partial charge in [-0.15, -0.1) is 0 Å². The Hall–Kier alpha value is -2.05. The SMILES string of the molecule is CC(=O)NC1CCC(C(F)(F)F)N(C(=O)c2ccc3c(c2)CCC3)C1. The quantitative estimate of drug-likeness (QED) is 0.888. The second kappa shape index (κ2) is 6.69.